The zero-order valence-corrected chi connectivity index (χ0v) is 17.5. The third kappa shape index (κ3) is 3.76. The minimum Gasteiger partial charge on any atom is -0.507 e. The molecule has 1 aliphatic rings. The number of hydrogen-bond donors (Lipinski definition) is 1. The van der Waals surface area contributed by atoms with E-state index in [1.54, 1.807) is 36.4 Å². The molecule has 0 bridgehead atoms. The molecule has 2 aromatic rings. The van der Waals surface area contributed by atoms with Crippen LogP contribution < -0.4 is 9.47 Å². The Kier molecular flexibility index (Phi) is 6.42. The van der Waals surface area contributed by atoms with Crippen molar-refractivity contribution >= 4 is 17.4 Å². The summed E-state index contributed by atoms with van der Waals surface area (Å²) in [6.45, 7) is 2.29. The van der Waals surface area contributed by atoms with Crippen LogP contribution in [0.4, 0.5) is 0 Å². The maximum atomic E-state index is 13.0. The molecule has 7 nitrogen and oxygen atoms in total. The third-order valence-electron chi connectivity index (χ3n) is 5.12. The fourth-order valence-corrected chi connectivity index (χ4v) is 3.67. The van der Waals surface area contributed by atoms with Crippen LogP contribution in [0.3, 0.4) is 0 Å². The molecule has 1 amide bonds. The van der Waals surface area contributed by atoms with E-state index >= 15 is 0 Å². The van der Waals surface area contributed by atoms with Crippen LogP contribution in [0.2, 0.25) is 0 Å². The SMILES string of the molecule is COCCN1C(=O)C(=O)/C(=C(/O)c2cc(C)ccc2OC)C1c1ccccc1OC. The fraction of sp³-hybridized carbons (Fsp3) is 0.304. The van der Waals surface area contributed by atoms with Crippen LogP contribution in [-0.4, -0.2) is 56.2 Å². The molecule has 1 saturated heterocycles. The molecule has 30 heavy (non-hydrogen) atoms. The number of ether oxygens (including phenoxy) is 3. The molecule has 1 fully saturated rings. The minimum absolute atomic E-state index is 0.00972. The van der Waals surface area contributed by atoms with E-state index in [0.717, 1.165) is 5.56 Å². The second-order valence-electron chi connectivity index (χ2n) is 6.93. The average Bonchev–Trinajstić information content (AvgIpc) is 3.01. The van der Waals surface area contributed by atoms with Crippen molar-refractivity contribution in [1.29, 1.82) is 0 Å². The van der Waals surface area contributed by atoms with Crippen LogP contribution in [0.5, 0.6) is 11.5 Å². The van der Waals surface area contributed by atoms with Crippen molar-refractivity contribution in [3.63, 3.8) is 0 Å². The summed E-state index contributed by atoms with van der Waals surface area (Å²) >= 11 is 0. The number of carbonyl (C=O) groups is 2. The second-order valence-corrected chi connectivity index (χ2v) is 6.93. The summed E-state index contributed by atoms with van der Waals surface area (Å²) in [4.78, 5) is 27.3. The van der Waals surface area contributed by atoms with Crippen molar-refractivity contribution < 1.29 is 28.9 Å². The van der Waals surface area contributed by atoms with E-state index in [1.807, 2.05) is 13.0 Å². The first-order chi connectivity index (χ1) is 14.4. The molecule has 0 aliphatic carbocycles. The number of rotatable bonds is 7. The molecule has 2 aromatic carbocycles. The lowest BCUT2D eigenvalue weighted by atomic mass is 9.94. The molecule has 0 saturated carbocycles. The van der Waals surface area contributed by atoms with Gasteiger partial charge in [-0.2, -0.15) is 0 Å². The van der Waals surface area contributed by atoms with Crippen LogP contribution in [0.1, 0.15) is 22.7 Å². The topological polar surface area (TPSA) is 85.3 Å². The number of benzene rings is 2. The van der Waals surface area contributed by atoms with Crippen molar-refractivity contribution in [3.05, 3.63) is 64.7 Å². The molecule has 0 spiro atoms. The Bertz CT molecular complexity index is 997. The maximum Gasteiger partial charge on any atom is 0.295 e. The predicted octanol–water partition coefficient (Wildman–Crippen LogP) is 3.08. The van der Waals surface area contributed by atoms with E-state index in [2.05, 4.69) is 0 Å². The van der Waals surface area contributed by atoms with Gasteiger partial charge in [0.2, 0.25) is 0 Å². The number of aliphatic hydroxyl groups excluding tert-OH is 1. The first-order valence-corrected chi connectivity index (χ1v) is 9.49. The van der Waals surface area contributed by atoms with E-state index in [0.29, 0.717) is 22.6 Å². The van der Waals surface area contributed by atoms with Gasteiger partial charge in [0.1, 0.15) is 17.3 Å². The molecule has 3 rings (SSSR count). The van der Waals surface area contributed by atoms with Crippen molar-refractivity contribution in [2.75, 3.05) is 34.5 Å². The highest BCUT2D eigenvalue weighted by atomic mass is 16.5. The van der Waals surface area contributed by atoms with Gasteiger partial charge in [-0.15, -0.1) is 0 Å². The Balaban J connectivity index is 2.27. The Hall–Kier alpha value is -3.32. The molecule has 1 atom stereocenters. The Labute approximate surface area is 175 Å². The van der Waals surface area contributed by atoms with Gasteiger partial charge in [0.05, 0.1) is 38.0 Å². The zero-order chi connectivity index (χ0) is 21.8. The Morgan fingerprint density at radius 1 is 1.03 bits per heavy atom. The number of aliphatic hydroxyl groups is 1. The van der Waals surface area contributed by atoms with Gasteiger partial charge in [0.15, 0.2) is 0 Å². The normalized spacial score (nSPS) is 18.0. The monoisotopic (exact) mass is 411 g/mol. The predicted molar refractivity (Wildman–Crippen MR) is 112 cm³/mol. The molecule has 0 radical (unpaired) electrons. The number of para-hydroxylation sites is 1. The number of aryl methyl sites for hydroxylation is 1. The Morgan fingerprint density at radius 2 is 1.73 bits per heavy atom. The van der Waals surface area contributed by atoms with Gasteiger partial charge in [0.25, 0.3) is 11.7 Å². The number of carbonyl (C=O) groups excluding carboxylic acids is 2. The zero-order valence-electron chi connectivity index (χ0n) is 17.5. The van der Waals surface area contributed by atoms with Crippen molar-refractivity contribution in [2.24, 2.45) is 0 Å². The molecule has 1 N–H and O–H groups in total. The molecular formula is C23H25NO6. The van der Waals surface area contributed by atoms with Gasteiger partial charge in [-0.1, -0.05) is 29.8 Å². The number of ketones is 1. The van der Waals surface area contributed by atoms with Gasteiger partial charge < -0.3 is 24.2 Å². The summed E-state index contributed by atoms with van der Waals surface area (Å²) in [6.07, 6.45) is 0. The average molecular weight is 411 g/mol. The molecule has 1 aliphatic heterocycles. The van der Waals surface area contributed by atoms with Crippen LogP contribution >= 0.6 is 0 Å². The van der Waals surface area contributed by atoms with Crippen molar-refractivity contribution in [2.45, 2.75) is 13.0 Å². The van der Waals surface area contributed by atoms with Crippen LogP contribution in [0, 0.1) is 6.92 Å². The lowest BCUT2D eigenvalue weighted by Gasteiger charge is -2.26. The first-order valence-electron chi connectivity index (χ1n) is 9.49. The summed E-state index contributed by atoms with van der Waals surface area (Å²) in [5.41, 5.74) is 1.81. The van der Waals surface area contributed by atoms with Crippen LogP contribution in [0.15, 0.2) is 48.0 Å². The summed E-state index contributed by atoms with van der Waals surface area (Å²) in [6, 6.07) is 11.6. The molecule has 0 aromatic heterocycles. The molecule has 1 unspecified atom stereocenters. The smallest absolute Gasteiger partial charge is 0.295 e. The molecule has 7 heteroatoms. The summed E-state index contributed by atoms with van der Waals surface area (Å²) < 4.78 is 16.0. The molecule has 1 heterocycles. The number of Topliss-reactive ketones (excluding diaryl/α,β-unsaturated/α-hetero) is 1. The summed E-state index contributed by atoms with van der Waals surface area (Å²) in [5, 5.41) is 11.2. The molecule has 158 valence electrons. The van der Waals surface area contributed by atoms with Gasteiger partial charge in [0, 0.05) is 19.2 Å². The quantitative estimate of drug-likeness (QED) is 0.428. The summed E-state index contributed by atoms with van der Waals surface area (Å²) in [5.74, 6) is -0.835. The highest BCUT2D eigenvalue weighted by Crippen LogP contribution is 2.43. The van der Waals surface area contributed by atoms with E-state index in [-0.39, 0.29) is 24.5 Å². The third-order valence-corrected chi connectivity index (χ3v) is 5.12. The van der Waals surface area contributed by atoms with Crippen molar-refractivity contribution in [3.8, 4) is 11.5 Å². The largest absolute Gasteiger partial charge is 0.507 e. The number of hydrogen-bond acceptors (Lipinski definition) is 6. The minimum atomic E-state index is -0.818. The van der Waals surface area contributed by atoms with Gasteiger partial charge in [-0.25, -0.2) is 0 Å². The first kappa shape index (κ1) is 21.4. The highest BCUT2D eigenvalue weighted by Gasteiger charge is 2.47. The van der Waals surface area contributed by atoms with Gasteiger partial charge in [-0.3, -0.25) is 9.59 Å². The van der Waals surface area contributed by atoms with E-state index in [4.69, 9.17) is 14.2 Å². The fourth-order valence-electron chi connectivity index (χ4n) is 3.67. The second kappa shape index (κ2) is 9.00. The van der Waals surface area contributed by atoms with Crippen LogP contribution in [0.25, 0.3) is 5.76 Å². The van der Waals surface area contributed by atoms with Gasteiger partial charge >= 0.3 is 0 Å². The summed E-state index contributed by atoms with van der Waals surface area (Å²) in [7, 11) is 4.52. The number of nitrogens with zero attached hydrogens (tertiary/aromatic N) is 1. The lowest BCUT2D eigenvalue weighted by Crippen LogP contribution is -2.32. The standard InChI is InChI=1S/C23H25NO6/c1-14-9-10-18(30-4)16(13-14)21(25)19-20(15-7-5-6-8-17(15)29-3)24(11-12-28-2)23(27)22(19)26/h5-10,13,20,25H,11-12H2,1-4H3/b21-19+. The van der Waals surface area contributed by atoms with E-state index in [9.17, 15) is 14.7 Å². The van der Waals surface area contributed by atoms with Crippen LogP contribution in [-0.2, 0) is 14.3 Å². The number of amides is 1. The lowest BCUT2D eigenvalue weighted by molar-refractivity contribution is -0.140. The number of likely N-dealkylation sites (tertiary alicyclic amines) is 1. The number of methoxy groups -OCH3 is 3. The van der Waals surface area contributed by atoms with Crippen molar-refractivity contribution in [1.82, 2.24) is 4.90 Å². The molecular weight excluding hydrogens is 386 g/mol. The van der Waals surface area contributed by atoms with Gasteiger partial charge in [-0.05, 0) is 25.1 Å². The van der Waals surface area contributed by atoms with E-state index in [1.165, 1.54) is 26.2 Å². The highest BCUT2D eigenvalue weighted by molar-refractivity contribution is 6.46. The van der Waals surface area contributed by atoms with E-state index < -0.39 is 17.7 Å². The Morgan fingerprint density at radius 3 is 2.40 bits per heavy atom. The maximum absolute atomic E-state index is 13.0.